The summed E-state index contributed by atoms with van der Waals surface area (Å²) in [7, 11) is 0. The number of hydrogen-bond acceptors (Lipinski definition) is 5. The molecule has 5 N–H and O–H groups in total. The van der Waals surface area contributed by atoms with Crippen molar-refractivity contribution in [3.05, 3.63) is 63.6 Å². The number of amides is 1. The molecule has 0 spiro atoms. The van der Waals surface area contributed by atoms with Gasteiger partial charge in [0.1, 0.15) is 6.04 Å². The van der Waals surface area contributed by atoms with Crippen LogP contribution in [0.15, 0.2) is 42.5 Å². The number of nitrogens with one attached hydrogen (secondary N) is 2. The Hall–Kier alpha value is -2.87. The minimum atomic E-state index is -1.06. The predicted molar refractivity (Wildman–Crippen MR) is 117 cm³/mol. The average Bonchev–Trinajstić information content (AvgIpc) is 2.66. The SMILES string of the molecule is CC(=O)C(N)c1ccc(NC(=O)/C=C2/CC(C(=O)O)Nc3cc(Cl)cc(Cl)c32)cc1. The number of Topliss-reactive ketones (excluding diaryl/α,β-unsaturated/α-hetero) is 1. The summed E-state index contributed by atoms with van der Waals surface area (Å²) in [4.78, 5) is 35.5. The van der Waals surface area contributed by atoms with Crippen molar-refractivity contribution in [2.45, 2.75) is 25.4 Å². The van der Waals surface area contributed by atoms with Crippen LogP contribution in [0.2, 0.25) is 10.0 Å². The highest BCUT2D eigenvalue weighted by Crippen LogP contribution is 2.40. The number of anilines is 2. The van der Waals surface area contributed by atoms with Gasteiger partial charge in [0.2, 0.25) is 5.91 Å². The molecule has 1 aliphatic heterocycles. The molecule has 30 heavy (non-hydrogen) atoms. The van der Waals surface area contributed by atoms with E-state index in [1.807, 2.05) is 0 Å². The van der Waals surface area contributed by atoms with Crippen molar-refractivity contribution in [1.29, 1.82) is 0 Å². The van der Waals surface area contributed by atoms with E-state index in [4.69, 9.17) is 28.9 Å². The van der Waals surface area contributed by atoms with Crippen LogP contribution in [-0.2, 0) is 14.4 Å². The van der Waals surface area contributed by atoms with E-state index < -0.39 is 24.0 Å². The number of rotatable bonds is 5. The number of carbonyl (C=O) groups is 3. The van der Waals surface area contributed by atoms with Crippen LogP contribution in [0, 0.1) is 0 Å². The van der Waals surface area contributed by atoms with E-state index in [1.54, 1.807) is 30.3 Å². The molecule has 2 atom stereocenters. The molecule has 0 aliphatic carbocycles. The highest BCUT2D eigenvalue weighted by atomic mass is 35.5. The summed E-state index contributed by atoms with van der Waals surface area (Å²) >= 11 is 12.3. The minimum Gasteiger partial charge on any atom is -0.480 e. The molecule has 1 amide bonds. The van der Waals surface area contributed by atoms with Gasteiger partial charge in [-0.2, -0.15) is 0 Å². The molecule has 9 heteroatoms. The zero-order valence-corrected chi connectivity index (χ0v) is 17.4. The van der Waals surface area contributed by atoms with Crippen molar-refractivity contribution in [3.8, 4) is 0 Å². The number of halogens is 2. The summed E-state index contributed by atoms with van der Waals surface area (Å²) in [5, 5.41) is 15.7. The van der Waals surface area contributed by atoms with E-state index in [0.717, 1.165) is 0 Å². The second kappa shape index (κ2) is 8.87. The molecule has 2 unspecified atom stereocenters. The Morgan fingerprint density at radius 3 is 2.50 bits per heavy atom. The maximum Gasteiger partial charge on any atom is 0.326 e. The highest BCUT2D eigenvalue weighted by molar-refractivity contribution is 6.36. The van der Waals surface area contributed by atoms with Gasteiger partial charge in [-0.05, 0) is 42.3 Å². The number of nitrogens with two attached hydrogens (primary N) is 1. The number of benzene rings is 2. The van der Waals surface area contributed by atoms with Crippen LogP contribution in [0.1, 0.15) is 30.5 Å². The van der Waals surface area contributed by atoms with Gasteiger partial charge in [0.25, 0.3) is 0 Å². The summed E-state index contributed by atoms with van der Waals surface area (Å²) in [5.74, 6) is -1.66. The smallest absolute Gasteiger partial charge is 0.326 e. The molecule has 1 aliphatic rings. The number of carboxylic acids is 1. The largest absolute Gasteiger partial charge is 0.480 e. The van der Waals surface area contributed by atoms with Crippen LogP contribution in [0.25, 0.3) is 5.57 Å². The second-order valence-corrected chi connectivity index (χ2v) is 7.76. The molecule has 3 rings (SSSR count). The van der Waals surface area contributed by atoms with Crippen molar-refractivity contribution in [2.75, 3.05) is 10.6 Å². The van der Waals surface area contributed by atoms with Gasteiger partial charge < -0.3 is 21.5 Å². The van der Waals surface area contributed by atoms with E-state index in [0.29, 0.717) is 38.1 Å². The molecule has 2 aromatic carbocycles. The van der Waals surface area contributed by atoms with Crippen molar-refractivity contribution in [1.82, 2.24) is 0 Å². The Balaban J connectivity index is 1.86. The van der Waals surface area contributed by atoms with Crippen LogP contribution < -0.4 is 16.4 Å². The number of hydrogen-bond donors (Lipinski definition) is 4. The van der Waals surface area contributed by atoms with E-state index in [-0.39, 0.29) is 12.2 Å². The minimum absolute atomic E-state index is 0.0729. The molecule has 0 aromatic heterocycles. The molecule has 7 nitrogen and oxygen atoms in total. The first-order valence-electron chi connectivity index (χ1n) is 9.02. The lowest BCUT2D eigenvalue weighted by Crippen LogP contribution is -2.33. The van der Waals surface area contributed by atoms with Crippen molar-refractivity contribution in [3.63, 3.8) is 0 Å². The number of ketones is 1. The molecule has 0 fully saturated rings. The fourth-order valence-corrected chi connectivity index (χ4v) is 3.81. The fourth-order valence-electron chi connectivity index (χ4n) is 3.20. The van der Waals surface area contributed by atoms with Gasteiger partial charge in [-0.25, -0.2) is 4.79 Å². The molecule has 2 aromatic rings. The van der Waals surface area contributed by atoms with Gasteiger partial charge in [-0.15, -0.1) is 0 Å². The summed E-state index contributed by atoms with van der Waals surface area (Å²) in [6.07, 6.45) is 1.40. The first-order valence-corrected chi connectivity index (χ1v) is 9.77. The van der Waals surface area contributed by atoms with E-state index in [1.165, 1.54) is 19.1 Å². The van der Waals surface area contributed by atoms with Crippen molar-refractivity contribution >= 4 is 57.8 Å². The van der Waals surface area contributed by atoms with Crippen molar-refractivity contribution in [2.24, 2.45) is 5.73 Å². The summed E-state index contributed by atoms with van der Waals surface area (Å²) < 4.78 is 0. The number of carboxylic acid groups (broad SMARTS) is 1. The molecular weight excluding hydrogens is 429 g/mol. The molecule has 0 saturated carbocycles. The summed E-state index contributed by atoms with van der Waals surface area (Å²) in [6.45, 7) is 1.41. The predicted octanol–water partition coefficient (Wildman–Crippen LogP) is 3.87. The quantitative estimate of drug-likeness (QED) is 0.516. The van der Waals surface area contributed by atoms with Gasteiger partial charge in [0, 0.05) is 34.5 Å². The Morgan fingerprint density at radius 1 is 1.23 bits per heavy atom. The topological polar surface area (TPSA) is 122 Å². The Kier molecular flexibility index (Phi) is 6.45. The third kappa shape index (κ3) is 4.81. The average molecular weight is 448 g/mol. The fraction of sp³-hybridized carbons (Fsp3) is 0.190. The van der Waals surface area contributed by atoms with Crippen LogP contribution in [0.5, 0.6) is 0 Å². The Morgan fingerprint density at radius 2 is 1.90 bits per heavy atom. The van der Waals surface area contributed by atoms with Crippen LogP contribution in [-0.4, -0.2) is 28.8 Å². The van der Waals surface area contributed by atoms with Gasteiger partial charge >= 0.3 is 5.97 Å². The highest BCUT2D eigenvalue weighted by Gasteiger charge is 2.29. The Labute approximate surface area is 182 Å². The third-order valence-corrected chi connectivity index (χ3v) is 5.22. The molecule has 156 valence electrons. The zero-order valence-electron chi connectivity index (χ0n) is 15.9. The van der Waals surface area contributed by atoms with Crippen LogP contribution >= 0.6 is 23.2 Å². The van der Waals surface area contributed by atoms with Crippen LogP contribution in [0.4, 0.5) is 11.4 Å². The van der Waals surface area contributed by atoms with Gasteiger partial charge in [-0.3, -0.25) is 9.59 Å². The van der Waals surface area contributed by atoms with Gasteiger partial charge in [0.15, 0.2) is 5.78 Å². The van der Waals surface area contributed by atoms with Gasteiger partial charge in [-0.1, -0.05) is 35.3 Å². The lowest BCUT2D eigenvalue weighted by molar-refractivity contribution is -0.137. The van der Waals surface area contributed by atoms with E-state index >= 15 is 0 Å². The number of aliphatic carboxylic acids is 1. The van der Waals surface area contributed by atoms with Crippen LogP contribution in [0.3, 0.4) is 0 Å². The van der Waals surface area contributed by atoms with Gasteiger partial charge in [0.05, 0.1) is 11.1 Å². The number of carbonyl (C=O) groups excluding carboxylic acids is 2. The third-order valence-electron chi connectivity index (χ3n) is 4.71. The molecular formula is C21H19Cl2N3O4. The lowest BCUT2D eigenvalue weighted by atomic mass is 9.92. The number of fused-ring (bicyclic) bond motifs is 1. The summed E-state index contributed by atoms with van der Waals surface area (Å²) in [6, 6.07) is 8.06. The molecule has 0 saturated heterocycles. The Bertz CT molecular complexity index is 1050. The van der Waals surface area contributed by atoms with E-state index in [2.05, 4.69) is 10.6 Å². The molecule has 0 bridgehead atoms. The summed E-state index contributed by atoms with van der Waals surface area (Å²) in [5.41, 5.74) is 8.41. The van der Waals surface area contributed by atoms with Crippen molar-refractivity contribution < 1.29 is 19.5 Å². The molecule has 0 radical (unpaired) electrons. The van der Waals surface area contributed by atoms with E-state index in [9.17, 15) is 19.5 Å². The normalized spacial score (nSPS) is 17.6. The monoisotopic (exact) mass is 447 g/mol. The zero-order chi connectivity index (χ0) is 22.0. The lowest BCUT2D eigenvalue weighted by Gasteiger charge is -2.27. The maximum atomic E-state index is 12.6. The first-order chi connectivity index (χ1) is 14.2. The second-order valence-electron chi connectivity index (χ2n) is 6.92. The standard InChI is InChI=1S/C21H19Cl2N3O4/c1-10(27)20(24)11-2-4-14(5-3-11)25-18(28)7-12-6-17(21(29)30)26-16-9-13(22)8-15(23)19(12)16/h2-5,7-9,17,20,26H,6,24H2,1H3,(H,25,28)(H,29,30)/b12-7-. The maximum absolute atomic E-state index is 12.6. The first kappa shape index (κ1) is 21.8. The molecule has 1 heterocycles.